The number of benzene rings is 2. The SMILES string of the molecule is Cc1cccc([N+](=O)[O-])c1NC(=O)CN(CCN)CCc1ccccc1.Cl. The van der Waals surface area contributed by atoms with E-state index in [0.29, 0.717) is 25.2 Å². The molecule has 0 saturated carbocycles. The summed E-state index contributed by atoms with van der Waals surface area (Å²) in [6.45, 7) is 3.57. The fraction of sp³-hybridized carbons (Fsp3) is 0.316. The van der Waals surface area contributed by atoms with Crippen LogP contribution in [0.3, 0.4) is 0 Å². The fourth-order valence-corrected chi connectivity index (χ4v) is 2.73. The Hall–Kier alpha value is -2.48. The van der Waals surface area contributed by atoms with Crippen molar-refractivity contribution in [2.24, 2.45) is 5.73 Å². The van der Waals surface area contributed by atoms with Gasteiger partial charge in [0.05, 0.1) is 11.5 Å². The monoisotopic (exact) mass is 392 g/mol. The molecule has 2 rings (SSSR count). The summed E-state index contributed by atoms with van der Waals surface area (Å²) >= 11 is 0. The Morgan fingerprint density at radius 2 is 1.85 bits per heavy atom. The predicted molar refractivity (Wildman–Crippen MR) is 109 cm³/mol. The topological polar surface area (TPSA) is 102 Å². The van der Waals surface area contributed by atoms with Crippen molar-refractivity contribution < 1.29 is 9.72 Å². The number of nitro benzene ring substituents is 1. The van der Waals surface area contributed by atoms with Crippen molar-refractivity contribution in [1.82, 2.24) is 4.90 Å². The second-order valence-electron chi connectivity index (χ2n) is 6.07. The number of halogens is 1. The minimum absolute atomic E-state index is 0. The lowest BCUT2D eigenvalue weighted by Gasteiger charge is -2.21. The van der Waals surface area contributed by atoms with Crippen LogP contribution in [0.2, 0.25) is 0 Å². The second-order valence-corrected chi connectivity index (χ2v) is 6.07. The van der Waals surface area contributed by atoms with Gasteiger partial charge >= 0.3 is 0 Å². The number of hydrogen-bond donors (Lipinski definition) is 2. The van der Waals surface area contributed by atoms with E-state index in [0.717, 1.165) is 6.42 Å². The van der Waals surface area contributed by atoms with Crippen molar-refractivity contribution >= 4 is 29.7 Å². The third-order valence-corrected chi connectivity index (χ3v) is 4.08. The van der Waals surface area contributed by atoms with E-state index in [2.05, 4.69) is 5.32 Å². The summed E-state index contributed by atoms with van der Waals surface area (Å²) in [7, 11) is 0. The molecular weight excluding hydrogens is 368 g/mol. The number of nitrogens with two attached hydrogens (primary N) is 1. The molecular formula is C19H25ClN4O3. The van der Waals surface area contributed by atoms with Crippen molar-refractivity contribution in [3.8, 4) is 0 Å². The van der Waals surface area contributed by atoms with Crippen LogP contribution in [-0.2, 0) is 11.2 Å². The molecule has 0 aliphatic rings. The first-order chi connectivity index (χ1) is 12.5. The summed E-state index contributed by atoms with van der Waals surface area (Å²) in [4.78, 5) is 25.0. The molecule has 1 amide bonds. The molecule has 8 heteroatoms. The van der Waals surface area contributed by atoms with Crippen LogP contribution in [0.15, 0.2) is 48.5 Å². The molecule has 2 aromatic carbocycles. The van der Waals surface area contributed by atoms with Crippen LogP contribution in [0.4, 0.5) is 11.4 Å². The lowest BCUT2D eigenvalue weighted by Crippen LogP contribution is -2.38. The largest absolute Gasteiger partial charge is 0.329 e. The zero-order chi connectivity index (χ0) is 18.9. The van der Waals surface area contributed by atoms with Crippen LogP contribution >= 0.6 is 12.4 Å². The average molecular weight is 393 g/mol. The van der Waals surface area contributed by atoms with Crippen molar-refractivity contribution in [1.29, 1.82) is 0 Å². The first kappa shape index (κ1) is 22.6. The Morgan fingerprint density at radius 3 is 2.48 bits per heavy atom. The Balaban J connectivity index is 0.00000364. The normalized spacial score (nSPS) is 10.3. The number of carbonyl (C=O) groups is 1. The molecule has 0 aromatic heterocycles. The number of nitro groups is 1. The number of amides is 1. The fourth-order valence-electron chi connectivity index (χ4n) is 2.73. The van der Waals surface area contributed by atoms with Crippen molar-refractivity contribution in [2.45, 2.75) is 13.3 Å². The maximum atomic E-state index is 12.4. The number of nitrogens with one attached hydrogen (secondary N) is 1. The molecule has 2 aromatic rings. The van der Waals surface area contributed by atoms with Gasteiger partial charge in [-0.05, 0) is 24.5 Å². The van der Waals surface area contributed by atoms with E-state index in [1.165, 1.54) is 11.6 Å². The van der Waals surface area contributed by atoms with E-state index in [-0.39, 0.29) is 36.2 Å². The van der Waals surface area contributed by atoms with Crippen LogP contribution in [0.1, 0.15) is 11.1 Å². The van der Waals surface area contributed by atoms with Gasteiger partial charge in [-0.1, -0.05) is 42.5 Å². The van der Waals surface area contributed by atoms with Crippen molar-refractivity contribution in [3.63, 3.8) is 0 Å². The molecule has 0 aliphatic carbocycles. The summed E-state index contributed by atoms with van der Waals surface area (Å²) in [5.74, 6) is -0.288. The summed E-state index contributed by atoms with van der Waals surface area (Å²) in [6.07, 6.45) is 0.804. The number of carbonyl (C=O) groups excluding carboxylic acids is 1. The minimum Gasteiger partial charge on any atom is -0.329 e. The zero-order valence-corrected chi connectivity index (χ0v) is 16.1. The number of anilines is 1. The molecule has 0 fully saturated rings. The highest BCUT2D eigenvalue weighted by molar-refractivity contribution is 5.95. The Bertz CT molecular complexity index is 756. The van der Waals surface area contributed by atoms with Gasteiger partial charge in [0, 0.05) is 25.7 Å². The second kappa shape index (κ2) is 11.3. The summed E-state index contributed by atoms with van der Waals surface area (Å²) in [6, 6.07) is 14.7. The molecule has 0 spiro atoms. The zero-order valence-electron chi connectivity index (χ0n) is 15.3. The highest BCUT2D eigenvalue weighted by atomic mass is 35.5. The highest BCUT2D eigenvalue weighted by Crippen LogP contribution is 2.27. The van der Waals surface area contributed by atoms with Crippen molar-refractivity contribution in [2.75, 3.05) is 31.5 Å². The molecule has 0 aliphatic heterocycles. The third kappa shape index (κ3) is 6.97. The van der Waals surface area contributed by atoms with E-state index < -0.39 is 4.92 Å². The van der Waals surface area contributed by atoms with E-state index >= 15 is 0 Å². The van der Waals surface area contributed by atoms with Crippen LogP contribution in [0, 0.1) is 17.0 Å². The molecule has 3 N–H and O–H groups in total. The average Bonchev–Trinajstić information content (AvgIpc) is 2.62. The van der Waals surface area contributed by atoms with Crippen molar-refractivity contribution in [3.05, 3.63) is 69.8 Å². The summed E-state index contributed by atoms with van der Waals surface area (Å²) < 4.78 is 0. The Kier molecular flexibility index (Phi) is 9.42. The van der Waals surface area contributed by atoms with E-state index in [4.69, 9.17) is 5.73 Å². The molecule has 0 unspecified atom stereocenters. The number of aryl methyl sites for hydroxylation is 1. The van der Waals surface area contributed by atoms with Gasteiger partial charge in [-0.25, -0.2) is 0 Å². The van der Waals surface area contributed by atoms with Crippen LogP contribution in [-0.4, -0.2) is 41.9 Å². The molecule has 0 saturated heterocycles. The first-order valence-corrected chi connectivity index (χ1v) is 8.51. The maximum absolute atomic E-state index is 12.4. The maximum Gasteiger partial charge on any atom is 0.293 e. The van der Waals surface area contributed by atoms with Crippen LogP contribution in [0.5, 0.6) is 0 Å². The van der Waals surface area contributed by atoms with Crippen LogP contribution in [0.25, 0.3) is 0 Å². The van der Waals surface area contributed by atoms with Gasteiger partial charge in [-0.15, -0.1) is 12.4 Å². The number of para-hydroxylation sites is 1. The molecule has 146 valence electrons. The minimum atomic E-state index is -0.490. The summed E-state index contributed by atoms with van der Waals surface area (Å²) in [5, 5.41) is 13.9. The lowest BCUT2D eigenvalue weighted by molar-refractivity contribution is -0.384. The molecule has 0 bridgehead atoms. The Morgan fingerprint density at radius 1 is 1.15 bits per heavy atom. The molecule has 0 atom stereocenters. The molecule has 0 radical (unpaired) electrons. The first-order valence-electron chi connectivity index (χ1n) is 8.51. The Labute approximate surface area is 165 Å². The van der Waals surface area contributed by atoms with Crippen LogP contribution < -0.4 is 11.1 Å². The van der Waals surface area contributed by atoms with Gasteiger partial charge in [0.15, 0.2) is 0 Å². The van der Waals surface area contributed by atoms with Gasteiger partial charge < -0.3 is 11.1 Å². The van der Waals surface area contributed by atoms with E-state index in [1.54, 1.807) is 19.1 Å². The highest BCUT2D eigenvalue weighted by Gasteiger charge is 2.19. The van der Waals surface area contributed by atoms with Gasteiger partial charge in [-0.3, -0.25) is 19.8 Å². The van der Waals surface area contributed by atoms with E-state index in [9.17, 15) is 14.9 Å². The number of hydrogen-bond acceptors (Lipinski definition) is 5. The predicted octanol–water partition coefficient (Wildman–Crippen LogP) is 2.77. The van der Waals surface area contributed by atoms with Gasteiger partial charge in [0.2, 0.25) is 5.91 Å². The number of nitrogens with zero attached hydrogens (tertiary/aromatic N) is 2. The standard InChI is InChI=1S/C19H24N4O3.ClH/c1-15-6-5-9-17(23(25)26)19(15)21-18(24)14-22(13-11-20)12-10-16-7-3-2-4-8-16;/h2-9H,10-14,20H2,1H3,(H,21,24);1H. The van der Waals surface area contributed by atoms with E-state index in [1.807, 2.05) is 35.2 Å². The number of rotatable bonds is 9. The van der Waals surface area contributed by atoms with Gasteiger partial charge in [0.1, 0.15) is 5.69 Å². The molecule has 7 nitrogen and oxygen atoms in total. The quantitative estimate of drug-likeness (QED) is 0.504. The third-order valence-electron chi connectivity index (χ3n) is 4.08. The molecule has 0 heterocycles. The summed E-state index contributed by atoms with van der Waals surface area (Å²) in [5.41, 5.74) is 7.64. The molecule has 27 heavy (non-hydrogen) atoms. The smallest absolute Gasteiger partial charge is 0.293 e. The lowest BCUT2D eigenvalue weighted by atomic mass is 10.1. The van der Waals surface area contributed by atoms with Gasteiger partial charge in [-0.2, -0.15) is 0 Å². The van der Waals surface area contributed by atoms with Gasteiger partial charge in [0.25, 0.3) is 5.69 Å².